The number of halogens is 1. The molecule has 172 valence electrons. The van der Waals surface area contributed by atoms with Crippen molar-refractivity contribution >= 4 is 27.7 Å². The van der Waals surface area contributed by atoms with Crippen LogP contribution >= 0.6 is 15.9 Å². The molecule has 0 saturated carbocycles. The van der Waals surface area contributed by atoms with Crippen molar-refractivity contribution < 1.29 is 9.59 Å². The van der Waals surface area contributed by atoms with Gasteiger partial charge in [-0.1, -0.05) is 88.7 Å². The van der Waals surface area contributed by atoms with Crippen LogP contribution in [0.1, 0.15) is 49.8 Å². The zero-order chi connectivity index (χ0) is 23.8. The largest absolute Gasteiger partial charge is 0.352 e. The Bertz CT molecular complexity index is 997. The Balaban J connectivity index is 1.91. The third kappa shape index (κ3) is 7.03. The molecule has 0 radical (unpaired) electrons. The number of carbonyl (C=O) groups is 2. The molecule has 3 aromatic carbocycles. The first-order chi connectivity index (χ1) is 15.8. The van der Waals surface area contributed by atoms with Gasteiger partial charge in [0.15, 0.2) is 0 Å². The summed E-state index contributed by atoms with van der Waals surface area (Å²) in [7, 11) is 0. The van der Waals surface area contributed by atoms with Crippen LogP contribution in [-0.2, 0) is 16.1 Å². The van der Waals surface area contributed by atoms with Crippen LogP contribution in [0.3, 0.4) is 0 Å². The first kappa shape index (κ1) is 24.7. The number of hydrogen-bond acceptors (Lipinski definition) is 2. The van der Waals surface area contributed by atoms with E-state index in [0.29, 0.717) is 6.54 Å². The third-order valence-corrected chi connectivity index (χ3v) is 6.18. The molecular weight excluding hydrogens is 476 g/mol. The quantitative estimate of drug-likeness (QED) is 0.391. The van der Waals surface area contributed by atoms with Crippen molar-refractivity contribution in [3.63, 3.8) is 0 Å². The maximum atomic E-state index is 13.7. The fourth-order valence-corrected chi connectivity index (χ4v) is 4.13. The molecule has 1 atom stereocenters. The van der Waals surface area contributed by atoms with Crippen LogP contribution < -0.4 is 5.32 Å². The van der Waals surface area contributed by atoms with Gasteiger partial charge in [0.2, 0.25) is 11.8 Å². The number of nitrogens with one attached hydrogen (secondary N) is 1. The third-order valence-electron chi connectivity index (χ3n) is 5.65. The predicted molar refractivity (Wildman–Crippen MR) is 137 cm³/mol. The highest BCUT2D eigenvalue weighted by atomic mass is 79.9. The summed E-state index contributed by atoms with van der Waals surface area (Å²) in [4.78, 5) is 28.3. The van der Waals surface area contributed by atoms with Crippen molar-refractivity contribution in [3.05, 3.63) is 106 Å². The van der Waals surface area contributed by atoms with Crippen molar-refractivity contribution in [1.82, 2.24) is 10.2 Å². The first-order valence-corrected chi connectivity index (χ1v) is 12.1. The van der Waals surface area contributed by atoms with Crippen molar-refractivity contribution in [3.8, 4) is 0 Å². The molecule has 0 aliphatic heterocycles. The highest BCUT2D eigenvalue weighted by Crippen LogP contribution is 2.29. The second kappa shape index (κ2) is 11.8. The normalized spacial score (nSPS) is 11.9. The highest BCUT2D eigenvalue weighted by molar-refractivity contribution is 9.10. The molecule has 0 heterocycles. The summed E-state index contributed by atoms with van der Waals surface area (Å²) >= 11 is 3.46. The summed E-state index contributed by atoms with van der Waals surface area (Å²) in [6.45, 7) is 6.02. The van der Waals surface area contributed by atoms with Crippen LogP contribution in [-0.4, -0.2) is 28.8 Å². The number of nitrogens with zero attached hydrogens (tertiary/aromatic N) is 1. The smallest absolute Gasteiger partial charge is 0.242 e. The van der Waals surface area contributed by atoms with Gasteiger partial charge in [-0.05, 0) is 49.6 Å². The zero-order valence-corrected chi connectivity index (χ0v) is 21.0. The Hall–Kier alpha value is -2.92. The molecule has 0 fully saturated rings. The van der Waals surface area contributed by atoms with E-state index in [-0.39, 0.29) is 30.2 Å². The SMILES string of the molecule is CC(C)NC(=O)C(C)N(Cc1ccc(Br)cc1)C(=O)CC(c1ccccc1)c1ccccc1. The molecule has 2 amide bonds. The number of carbonyl (C=O) groups excluding carboxylic acids is 2. The van der Waals surface area contributed by atoms with Gasteiger partial charge in [0.05, 0.1) is 0 Å². The maximum absolute atomic E-state index is 13.7. The molecule has 1 unspecified atom stereocenters. The van der Waals surface area contributed by atoms with Crippen molar-refractivity contribution in [1.29, 1.82) is 0 Å². The Kier molecular flexibility index (Phi) is 8.84. The molecule has 0 aliphatic carbocycles. The fraction of sp³-hybridized carbons (Fsp3) is 0.286. The van der Waals surface area contributed by atoms with E-state index >= 15 is 0 Å². The van der Waals surface area contributed by atoms with Crippen LogP contribution in [0.4, 0.5) is 0 Å². The van der Waals surface area contributed by atoms with E-state index in [1.807, 2.05) is 74.5 Å². The molecule has 0 bridgehead atoms. The minimum absolute atomic E-state index is 0.00553. The van der Waals surface area contributed by atoms with Gasteiger partial charge in [-0.3, -0.25) is 9.59 Å². The minimum Gasteiger partial charge on any atom is -0.352 e. The molecule has 4 nitrogen and oxygen atoms in total. The molecule has 1 N–H and O–H groups in total. The summed E-state index contributed by atoms with van der Waals surface area (Å²) in [5.41, 5.74) is 3.14. The summed E-state index contributed by atoms with van der Waals surface area (Å²) in [6.07, 6.45) is 0.282. The maximum Gasteiger partial charge on any atom is 0.242 e. The van der Waals surface area contributed by atoms with Gasteiger partial charge in [-0.25, -0.2) is 0 Å². The van der Waals surface area contributed by atoms with Gasteiger partial charge >= 0.3 is 0 Å². The van der Waals surface area contributed by atoms with Crippen molar-refractivity contribution in [2.24, 2.45) is 0 Å². The number of benzene rings is 3. The summed E-state index contributed by atoms with van der Waals surface area (Å²) in [5, 5.41) is 2.95. The van der Waals surface area contributed by atoms with Gasteiger partial charge in [0.25, 0.3) is 0 Å². The second-order valence-corrected chi connectivity index (χ2v) is 9.48. The van der Waals surface area contributed by atoms with Crippen molar-refractivity contribution in [2.45, 2.75) is 51.7 Å². The number of rotatable bonds is 9. The van der Waals surface area contributed by atoms with Crippen molar-refractivity contribution in [2.75, 3.05) is 0 Å². The molecule has 33 heavy (non-hydrogen) atoms. The van der Waals surface area contributed by atoms with Gasteiger partial charge < -0.3 is 10.2 Å². The van der Waals surface area contributed by atoms with Gasteiger partial charge in [-0.2, -0.15) is 0 Å². The number of hydrogen-bond donors (Lipinski definition) is 1. The predicted octanol–water partition coefficient (Wildman–Crippen LogP) is 5.91. The van der Waals surface area contributed by atoms with Gasteiger partial charge in [0.1, 0.15) is 6.04 Å². The Labute approximate surface area is 205 Å². The minimum atomic E-state index is -0.587. The summed E-state index contributed by atoms with van der Waals surface area (Å²) < 4.78 is 0.975. The lowest BCUT2D eigenvalue weighted by molar-refractivity contribution is -0.141. The lowest BCUT2D eigenvalue weighted by Gasteiger charge is -2.31. The van der Waals surface area contributed by atoms with Crippen LogP contribution in [0, 0.1) is 0 Å². The van der Waals surface area contributed by atoms with Crippen LogP contribution in [0.5, 0.6) is 0 Å². The summed E-state index contributed by atoms with van der Waals surface area (Å²) in [5.74, 6) is -0.291. The van der Waals surface area contributed by atoms with E-state index in [9.17, 15) is 9.59 Å². The van der Waals surface area contributed by atoms with E-state index < -0.39 is 6.04 Å². The lowest BCUT2D eigenvalue weighted by Crippen LogP contribution is -2.49. The molecule has 0 spiro atoms. The van der Waals surface area contributed by atoms with Gasteiger partial charge in [0, 0.05) is 29.4 Å². The van der Waals surface area contributed by atoms with Crippen LogP contribution in [0.25, 0.3) is 0 Å². The molecule has 3 aromatic rings. The van der Waals surface area contributed by atoms with Gasteiger partial charge in [-0.15, -0.1) is 0 Å². The van der Waals surface area contributed by atoms with Crippen LogP contribution in [0.15, 0.2) is 89.4 Å². The van der Waals surface area contributed by atoms with E-state index in [4.69, 9.17) is 0 Å². The Morgan fingerprint density at radius 1 is 0.818 bits per heavy atom. The molecule has 0 saturated heterocycles. The monoisotopic (exact) mass is 506 g/mol. The Morgan fingerprint density at radius 2 is 1.33 bits per heavy atom. The molecule has 0 aromatic heterocycles. The molecule has 0 aliphatic rings. The first-order valence-electron chi connectivity index (χ1n) is 11.3. The molecule has 3 rings (SSSR count). The molecule has 5 heteroatoms. The van der Waals surface area contributed by atoms with E-state index in [2.05, 4.69) is 45.5 Å². The highest BCUT2D eigenvalue weighted by Gasteiger charge is 2.29. The second-order valence-electron chi connectivity index (χ2n) is 8.57. The summed E-state index contributed by atoms with van der Waals surface area (Å²) in [6, 6.07) is 27.4. The van der Waals surface area contributed by atoms with E-state index in [0.717, 1.165) is 21.2 Å². The average Bonchev–Trinajstić information content (AvgIpc) is 2.82. The van der Waals surface area contributed by atoms with E-state index in [1.54, 1.807) is 11.8 Å². The average molecular weight is 507 g/mol. The Morgan fingerprint density at radius 3 is 1.82 bits per heavy atom. The molecular formula is C28H31BrN2O2. The van der Waals surface area contributed by atoms with E-state index in [1.165, 1.54) is 0 Å². The fourth-order valence-electron chi connectivity index (χ4n) is 3.86. The topological polar surface area (TPSA) is 49.4 Å². The number of amides is 2. The zero-order valence-electron chi connectivity index (χ0n) is 19.4. The van der Waals surface area contributed by atoms with Crippen LogP contribution in [0.2, 0.25) is 0 Å². The standard InChI is InChI=1S/C28H31BrN2O2/c1-20(2)30-28(33)21(3)31(19-22-14-16-25(29)17-15-22)27(32)18-26(23-10-6-4-7-11-23)24-12-8-5-9-13-24/h4-17,20-21,26H,18-19H2,1-3H3,(H,30,33). The lowest BCUT2D eigenvalue weighted by atomic mass is 9.88.